The average molecular weight is 220 g/mol. The first-order chi connectivity index (χ1) is 6.93. The van der Waals surface area contributed by atoms with Gasteiger partial charge >= 0.3 is 0 Å². The monoisotopic (exact) mass is 220 g/mol. The zero-order chi connectivity index (χ0) is 9.38. The second-order valence-electron chi connectivity index (χ2n) is 3.82. The lowest BCUT2D eigenvalue weighted by atomic mass is 9.88. The molecular formula is C12H12S2. The van der Waals surface area contributed by atoms with Crippen LogP contribution in [0.25, 0.3) is 0 Å². The number of rotatable bonds is 1. The Bertz CT molecular complexity index is 411. The van der Waals surface area contributed by atoms with Gasteiger partial charge in [0.25, 0.3) is 0 Å². The van der Waals surface area contributed by atoms with Gasteiger partial charge in [-0.2, -0.15) is 0 Å². The molecule has 0 saturated carbocycles. The molecule has 2 heteroatoms. The first-order valence-electron chi connectivity index (χ1n) is 5.02. The summed E-state index contributed by atoms with van der Waals surface area (Å²) in [4.78, 5) is 3.19. The molecule has 1 aliphatic rings. The van der Waals surface area contributed by atoms with Crippen molar-refractivity contribution in [2.45, 2.75) is 25.2 Å². The van der Waals surface area contributed by atoms with Crippen molar-refractivity contribution in [2.24, 2.45) is 0 Å². The van der Waals surface area contributed by atoms with E-state index >= 15 is 0 Å². The van der Waals surface area contributed by atoms with E-state index in [2.05, 4.69) is 29.0 Å². The van der Waals surface area contributed by atoms with Gasteiger partial charge in [-0.1, -0.05) is 6.07 Å². The van der Waals surface area contributed by atoms with E-state index < -0.39 is 0 Å². The van der Waals surface area contributed by atoms with Gasteiger partial charge < -0.3 is 0 Å². The Morgan fingerprint density at radius 3 is 3.00 bits per heavy atom. The molecule has 0 spiro atoms. The molecule has 2 heterocycles. The summed E-state index contributed by atoms with van der Waals surface area (Å²) in [5.74, 6) is 0.793. The molecule has 0 N–H and O–H groups in total. The summed E-state index contributed by atoms with van der Waals surface area (Å²) in [7, 11) is 0. The molecule has 72 valence electrons. The number of aryl methyl sites for hydroxylation is 1. The standard InChI is InChI=1S/C12H12S2/c1-2-11(13-6-1)10-4-3-9-5-7-14-12(9)8-10/h1-2,5-7,10H,3-4,8H2. The molecule has 14 heavy (non-hydrogen) atoms. The molecule has 0 nitrogen and oxygen atoms in total. The summed E-state index contributed by atoms with van der Waals surface area (Å²) in [6, 6.07) is 6.75. The Morgan fingerprint density at radius 1 is 1.14 bits per heavy atom. The van der Waals surface area contributed by atoms with Gasteiger partial charge in [-0.15, -0.1) is 22.7 Å². The van der Waals surface area contributed by atoms with Gasteiger partial charge in [0.05, 0.1) is 0 Å². The maximum absolute atomic E-state index is 2.30. The number of fused-ring (bicyclic) bond motifs is 1. The van der Waals surface area contributed by atoms with Crippen molar-refractivity contribution >= 4 is 22.7 Å². The summed E-state index contributed by atoms with van der Waals surface area (Å²) >= 11 is 3.84. The fourth-order valence-electron chi connectivity index (χ4n) is 2.19. The number of hydrogen-bond donors (Lipinski definition) is 0. The van der Waals surface area contributed by atoms with E-state index in [1.165, 1.54) is 19.3 Å². The van der Waals surface area contributed by atoms with Crippen LogP contribution in [0.4, 0.5) is 0 Å². The van der Waals surface area contributed by atoms with Crippen LogP contribution < -0.4 is 0 Å². The predicted octanol–water partition coefficient (Wildman–Crippen LogP) is 4.08. The molecule has 0 bridgehead atoms. The van der Waals surface area contributed by atoms with E-state index in [0.717, 1.165) is 5.92 Å². The van der Waals surface area contributed by atoms with Crippen LogP contribution in [-0.2, 0) is 12.8 Å². The smallest absolute Gasteiger partial charge is 0.00835 e. The Balaban J connectivity index is 1.88. The zero-order valence-electron chi connectivity index (χ0n) is 7.90. The summed E-state index contributed by atoms with van der Waals surface area (Å²) in [5, 5.41) is 4.43. The van der Waals surface area contributed by atoms with Gasteiger partial charge in [0.15, 0.2) is 0 Å². The summed E-state index contributed by atoms with van der Waals surface area (Å²) in [6.45, 7) is 0. The molecule has 3 rings (SSSR count). The molecule has 0 aromatic carbocycles. The first-order valence-corrected chi connectivity index (χ1v) is 6.78. The lowest BCUT2D eigenvalue weighted by Crippen LogP contribution is -2.09. The number of hydrogen-bond acceptors (Lipinski definition) is 2. The summed E-state index contributed by atoms with van der Waals surface area (Å²) in [5.41, 5.74) is 1.60. The van der Waals surface area contributed by atoms with E-state index in [1.807, 2.05) is 22.7 Å². The normalized spacial score (nSPS) is 20.7. The highest BCUT2D eigenvalue weighted by Crippen LogP contribution is 2.36. The Kier molecular flexibility index (Phi) is 2.18. The topological polar surface area (TPSA) is 0 Å². The Hall–Kier alpha value is -0.600. The molecule has 0 fully saturated rings. The molecule has 0 aliphatic heterocycles. The van der Waals surface area contributed by atoms with Crippen LogP contribution in [-0.4, -0.2) is 0 Å². The van der Waals surface area contributed by atoms with Crippen LogP contribution in [0.1, 0.15) is 27.7 Å². The van der Waals surface area contributed by atoms with Gasteiger partial charge in [-0.25, -0.2) is 0 Å². The van der Waals surface area contributed by atoms with E-state index in [9.17, 15) is 0 Å². The quantitative estimate of drug-likeness (QED) is 0.679. The van der Waals surface area contributed by atoms with Crippen molar-refractivity contribution in [3.63, 3.8) is 0 Å². The van der Waals surface area contributed by atoms with Crippen molar-refractivity contribution in [2.75, 3.05) is 0 Å². The minimum Gasteiger partial charge on any atom is -0.149 e. The second kappa shape index (κ2) is 3.52. The van der Waals surface area contributed by atoms with Crippen molar-refractivity contribution in [1.29, 1.82) is 0 Å². The van der Waals surface area contributed by atoms with Gasteiger partial charge in [0, 0.05) is 9.75 Å². The highest BCUT2D eigenvalue weighted by Gasteiger charge is 2.21. The first kappa shape index (κ1) is 8.69. The van der Waals surface area contributed by atoms with Crippen molar-refractivity contribution < 1.29 is 0 Å². The van der Waals surface area contributed by atoms with Gasteiger partial charge in [0.2, 0.25) is 0 Å². The maximum atomic E-state index is 2.30. The third-order valence-corrected chi connectivity index (χ3v) is 5.00. The van der Waals surface area contributed by atoms with Crippen LogP contribution in [0, 0.1) is 0 Å². The van der Waals surface area contributed by atoms with Gasteiger partial charge in [-0.3, -0.25) is 0 Å². The Labute approximate surface area is 92.2 Å². The van der Waals surface area contributed by atoms with Crippen LogP contribution in [0.15, 0.2) is 29.0 Å². The fraction of sp³-hybridized carbons (Fsp3) is 0.333. The van der Waals surface area contributed by atoms with E-state index in [0.29, 0.717) is 0 Å². The second-order valence-corrected chi connectivity index (χ2v) is 5.80. The number of thiophene rings is 2. The van der Waals surface area contributed by atoms with Crippen LogP contribution in [0.5, 0.6) is 0 Å². The molecule has 1 aliphatic carbocycles. The molecule has 2 aromatic heterocycles. The lowest BCUT2D eigenvalue weighted by molar-refractivity contribution is 0.602. The average Bonchev–Trinajstić information content (AvgIpc) is 2.88. The van der Waals surface area contributed by atoms with E-state index in [1.54, 1.807) is 15.3 Å². The highest BCUT2D eigenvalue weighted by atomic mass is 32.1. The summed E-state index contributed by atoms with van der Waals surface area (Å²) < 4.78 is 0. The third-order valence-electron chi connectivity index (χ3n) is 2.98. The van der Waals surface area contributed by atoms with Crippen LogP contribution in [0.3, 0.4) is 0 Å². The molecular weight excluding hydrogens is 208 g/mol. The van der Waals surface area contributed by atoms with Crippen molar-refractivity contribution in [3.8, 4) is 0 Å². The van der Waals surface area contributed by atoms with Gasteiger partial charge in [-0.05, 0) is 53.6 Å². The minimum atomic E-state index is 0.793. The van der Waals surface area contributed by atoms with E-state index in [-0.39, 0.29) is 0 Å². The van der Waals surface area contributed by atoms with Gasteiger partial charge in [0.1, 0.15) is 0 Å². The van der Waals surface area contributed by atoms with Crippen molar-refractivity contribution in [3.05, 3.63) is 44.3 Å². The molecule has 0 amide bonds. The Morgan fingerprint density at radius 2 is 2.14 bits per heavy atom. The molecule has 1 unspecified atom stereocenters. The SMILES string of the molecule is c1csc(C2CCc3ccsc3C2)c1. The van der Waals surface area contributed by atoms with Crippen LogP contribution in [0.2, 0.25) is 0 Å². The predicted molar refractivity (Wildman–Crippen MR) is 63.4 cm³/mol. The van der Waals surface area contributed by atoms with Crippen molar-refractivity contribution in [1.82, 2.24) is 0 Å². The summed E-state index contributed by atoms with van der Waals surface area (Å²) in [6.07, 6.45) is 3.89. The lowest BCUT2D eigenvalue weighted by Gasteiger charge is -2.20. The fourth-order valence-corrected chi connectivity index (χ4v) is 4.07. The minimum absolute atomic E-state index is 0.793. The molecule has 1 atom stereocenters. The maximum Gasteiger partial charge on any atom is 0.00835 e. The van der Waals surface area contributed by atoms with E-state index in [4.69, 9.17) is 0 Å². The van der Waals surface area contributed by atoms with Crippen LogP contribution >= 0.6 is 22.7 Å². The largest absolute Gasteiger partial charge is 0.149 e. The third kappa shape index (κ3) is 1.43. The molecule has 0 radical (unpaired) electrons. The molecule has 0 saturated heterocycles. The molecule has 2 aromatic rings. The zero-order valence-corrected chi connectivity index (χ0v) is 9.53. The highest BCUT2D eigenvalue weighted by molar-refractivity contribution is 7.10.